The van der Waals surface area contributed by atoms with E-state index in [0.717, 1.165) is 37.0 Å². The molecule has 2 nitrogen and oxygen atoms in total. The molecule has 0 heterocycles. The molecule has 0 radical (unpaired) electrons. The van der Waals surface area contributed by atoms with Crippen LogP contribution < -0.4 is 0 Å². The van der Waals surface area contributed by atoms with Gasteiger partial charge in [0.15, 0.2) is 0 Å². The number of hydrogen-bond acceptors (Lipinski definition) is 1. The molecule has 1 N–H and O–H groups in total. The van der Waals surface area contributed by atoms with Crippen LogP contribution in [0.1, 0.15) is 38.5 Å². The molecule has 0 aliphatic heterocycles. The maximum Gasteiger partial charge on any atom is 0.309 e. The molecular formula is C11H16HfO2. The summed E-state index contributed by atoms with van der Waals surface area (Å²) in [6.07, 6.45) is 6.92. The van der Waals surface area contributed by atoms with Crippen molar-refractivity contribution < 1.29 is 35.7 Å². The van der Waals surface area contributed by atoms with Crippen LogP contribution in [0.2, 0.25) is 0 Å². The zero-order chi connectivity index (χ0) is 9.05. The average molecular weight is 359 g/mol. The van der Waals surface area contributed by atoms with Gasteiger partial charge in [-0.15, -0.1) is 0 Å². The topological polar surface area (TPSA) is 37.3 Å². The molecule has 0 aromatic rings. The van der Waals surface area contributed by atoms with Crippen LogP contribution in [0.5, 0.6) is 0 Å². The zero-order valence-electron chi connectivity index (χ0n) is 8.33. The van der Waals surface area contributed by atoms with Gasteiger partial charge in [0.05, 0.1) is 5.41 Å². The minimum atomic E-state index is -0.508. The van der Waals surface area contributed by atoms with Crippen molar-refractivity contribution in [3.63, 3.8) is 0 Å². The first-order chi connectivity index (χ1) is 6.18. The van der Waals surface area contributed by atoms with E-state index in [1.54, 1.807) is 0 Å². The third-order valence-corrected chi connectivity index (χ3v) is 4.49. The Labute approximate surface area is 103 Å². The van der Waals surface area contributed by atoms with Gasteiger partial charge in [-0.05, 0) is 56.3 Å². The molecule has 0 unspecified atom stereocenters. The predicted molar refractivity (Wildman–Crippen MR) is 48.2 cm³/mol. The minimum Gasteiger partial charge on any atom is -0.481 e. The van der Waals surface area contributed by atoms with Gasteiger partial charge < -0.3 is 5.11 Å². The predicted octanol–water partition coefficient (Wildman–Crippen LogP) is 2.28. The van der Waals surface area contributed by atoms with Gasteiger partial charge in [-0.2, -0.15) is 0 Å². The fourth-order valence-electron chi connectivity index (χ4n) is 4.37. The summed E-state index contributed by atoms with van der Waals surface area (Å²) in [5.41, 5.74) is -0.283. The molecule has 4 rings (SSSR count). The van der Waals surface area contributed by atoms with Crippen LogP contribution in [0, 0.1) is 23.2 Å². The minimum absolute atomic E-state index is 0. The Kier molecular flexibility index (Phi) is 2.66. The van der Waals surface area contributed by atoms with Crippen LogP contribution in [-0.4, -0.2) is 11.1 Å². The molecule has 76 valence electrons. The van der Waals surface area contributed by atoms with Crippen LogP contribution in [-0.2, 0) is 30.6 Å². The second-order valence-corrected chi connectivity index (χ2v) is 5.50. The normalized spacial score (nSPS) is 48.7. The second kappa shape index (κ2) is 3.43. The molecular weight excluding hydrogens is 343 g/mol. The largest absolute Gasteiger partial charge is 0.481 e. The first-order valence-corrected chi connectivity index (χ1v) is 5.41. The van der Waals surface area contributed by atoms with Crippen molar-refractivity contribution >= 4 is 5.97 Å². The maximum atomic E-state index is 11.3. The van der Waals surface area contributed by atoms with E-state index < -0.39 is 5.97 Å². The third-order valence-electron chi connectivity index (χ3n) is 4.49. The fraction of sp³-hybridized carbons (Fsp3) is 0.909. The Hall–Kier alpha value is 0.340. The third kappa shape index (κ3) is 1.43. The van der Waals surface area contributed by atoms with Gasteiger partial charge in [-0.1, -0.05) is 0 Å². The van der Waals surface area contributed by atoms with Gasteiger partial charge in [0, 0.05) is 25.8 Å². The van der Waals surface area contributed by atoms with Gasteiger partial charge in [0.2, 0.25) is 0 Å². The van der Waals surface area contributed by atoms with Crippen molar-refractivity contribution in [2.45, 2.75) is 38.5 Å². The maximum absolute atomic E-state index is 11.3. The van der Waals surface area contributed by atoms with Crippen LogP contribution in [0.25, 0.3) is 0 Å². The second-order valence-electron chi connectivity index (χ2n) is 5.50. The number of carbonyl (C=O) groups is 1. The van der Waals surface area contributed by atoms with Crippen LogP contribution in [0.15, 0.2) is 0 Å². The molecule has 4 aliphatic carbocycles. The Morgan fingerprint density at radius 1 is 1.00 bits per heavy atom. The van der Waals surface area contributed by atoms with Gasteiger partial charge in [-0.25, -0.2) is 0 Å². The van der Waals surface area contributed by atoms with E-state index in [-0.39, 0.29) is 31.3 Å². The van der Waals surface area contributed by atoms with E-state index >= 15 is 0 Å². The standard InChI is InChI=1S/C11H16O2.Hf/c12-10(13)11-4-7-1-8(5-11)3-9(2-7)6-11;/h7-9H,1-6H2,(H,12,13);. The number of aliphatic carboxylic acids is 1. The Morgan fingerprint density at radius 3 is 1.64 bits per heavy atom. The van der Waals surface area contributed by atoms with Crippen molar-refractivity contribution in [3.8, 4) is 0 Å². The molecule has 0 aromatic heterocycles. The van der Waals surface area contributed by atoms with Crippen LogP contribution in [0.3, 0.4) is 0 Å². The van der Waals surface area contributed by atoms with E-state index in [0.29, 0.717) is 0 Å². The number of carboxylic acids is 1. The van der Waals surface area contributed by atoms with Gasteiger partial charge in [-0.3, -0.25) is 4.79 Å². The first kappa shape index (κ1) is 10.8. The molecule has 14 heavy (non-hydrogen) atoms. The van der Waals surface area contributed by atoms with E-state index in [2.05, 4.69) is 0 Å². The Balaban J connectivity index is 0.000000750. The summed E-state index contributed by atoms with van der Waals surface area (Å²) < 4.78 is 0. The first-order valence-electron chi connectivity index (χ1n) is 5.41. The fourth-order valence-corrected chi connectivity index (χ4v) is 4.37. The van der Waals surface area contributed by atoms with E-state index in [1.807, 2.05) is 0 Å². The smallest absolute Gasteiger partial charge is 0.309 e. The molecule has 4 bridgehead atoms. The molecule has 3 heteroatoms. The molecule has 0 atom stereocenters. The van der Waals surface area contributed by atoms with Gasteiger partial charge >= 0.3 is 5.97 Å². The Morgan fingerprint density at radius 2 is 1.36 bits per heavy atom. The van der Waals surface area contributed by atoms with E-state index in [1.165, 1.54) is 19.3 Å². The van der Waals surface area contributed by atoms with Gasteiger partial charge in [0.1, 0.15) is 0 Å². The summed E-state index contributed by atoms with van der Waals surface area (Å²) in [7, 11) is 0. The number of carboxylic acid groups (broad SMARTS) is 1. The van der Waals surface area contributed by atoms with E-state index in [9.17, 15) is 9.90 Å². The van der Waals surface area contributed by atoms with Crippen molar-refractivity contribution in [2.75, 3.05) is 0 Å². The number of rotatable bonds is 1. The average Bonchev–Trinajstić information content (AvgIpc) is 2.00. The summed E-state index contributed by atoms with van der Waals surface area (Å²) >= 11 is 0. The summed E-state index contributed by atoms with van der Waals surface area (Å²) in [5.74, 6) is 1.75. The molecule has 4 saturated carbocycles. The summed E-state index contributed by atoms with van der Waals surface area (Å²) in [5, 5.41) is 9.28. The van der Waals surface area contributed by atoms with E-state index in [4.69, 9.17) is 0 Å². The van der Waals surface area contributed by atoms with Crippen LogP contribution in [0.4, 0.5) is 0 Å². The number of hydrogen-bond donors (Lipinski definition) is 1. The molecule has 0 spiro atoms. The van der Waals surface area contributed by atoms with Crippen molar-refractivity contribution in [2.24, 2.45) is 23.2 Å². The monoisotopic (exact) mass is 360 g/mol. The quantitative estimate of drug-likeness (QED) is 0.730. The summed E-state index contributed by atoms with van der Waals surface area (Å²) in [6, 6.07) is 0. The summed E-state index contributed by atoms with van der Waals surface area (Å²) in [6.45, 7) is 0. The van der Waals surface area contributed by atoms with Gasteiger partial charge in [0.25, 0.3) is 0 Å². The van der Waals surface area contributed by atoms with Crippen LogP contribution >= 0.6 is 0 Å². The molecule has 4 aliphatic rings. The zero-order valence-corrected chi connectivity index (χ0v) is 11.9. The van der Waals surface area contributed by atoms with Crippen molar-refractivity contribution in [1.29, 1.82) is 0 Å². The molecule has 0 aromatic carbocycles. The molecule has 4 fully saturated rings. The van der Waals surface area contributed by atoms with Crippen molar-refractivity contribution in [1.82, 2.24) is 0 Å². The SMILES string of the molecule is O=C(O)C12CC3CC(CC(C3)C1)C2.[Hf]. The molecule has 0 saturated heterocycles. The van der Waals surface area contributed by atoms with Crippen molar-refractivity contribution in [3.05, 3.63) is 0 Å². The Bertz CT molecular complexity index is 227. The molecule has 0 amide bonds. The summed E-state index contributed by atoms with van der Waals surface area (Å²) in [4.78, 5) is 11.3.